The molecule has 0 atom stereocenters. The summed E-state index contributed by atoms with van der Waals surface area (Å²) >= 11 is 3.45. The van der Waals surface area contributed by atoms with Crippen molar-refractivity contribution in [2.45, 2.75) is 19.8 Å². The fourth-order valence-electron chi connectivity index (χ4n) is 1.89. The molecule has 0 spiro atoms. The van der Waals surface area contributed by atoms with Crippen LogP contribution in [0.25, 0.3) is 0 Å². The molecule has 0 aliphatic heterocycles. The van der Waals surface area contributed by atoms with Crippen LogP contribution in [0.2, 0.25) is 0 Å². The van der Waals surface area contributed by atoms with Gasteiger partial charge in [0, 0.05) is 17.6 Å². The monoisotopic (exact) mass is 297 g/mol. The van der Waals surface area contributed by atoms with Crippen LogP contribution < -0.4 is 4.74 Å². The third-order valence-corrected chi connectivity index (χ3v) is 3.63. The van der Waals surface area contributed by atoms with Crippen LogP contribution in [-0.4, -0.2) is 31.1 Å². The molecule has 1 aliphatic carbocycles. The van der Waals surface area contributed by atoms with Crippen molar-refractivity contribution in [2.75, 3.05) is 26.2 Å². The first-order valence-electron chi connectivity index (χ1n) is 6.38. The fourth-order valence-corrected chi connectivity index (χ4v) is 2.27. The Morgan fingerprint density at radius 1 is 1.41 bits per heavy atom. The Bertz CT molecular complexity index is 352. The molecule has 1 aromatic carbocycles. The molecular weight excluding hydrogens is 278 g/mol. The minimum absolute atomic E-state index is 0.775. The van der Waals surface area contributed by atoms with Crippen LogP contribution in [0.3, 0.4) is 0 Å². The van der Waals surface area contributed by atoms with Crippen LogP contribution in [0.4, 0.5) is 0 Å². The van der Waals surface area contributed by atoms with Crippen molar-refractivity contribution in [3.05, 3.63) is 28.7 Å². The normalized spacial score (nSPS) is 15.2. The SMILES string of the molecule is CCN(CCOc1cccc(Br)c1)CC1CC1. The van der Waals surface area contributed by atoms with E-state index in [1.54, 1.807) is 0 Å². The maximum Gasteiger partial charge on any atom is 0.120 e. The van der Waals surface area contributed by atoms with Crippen LogP contribution in [0, 0.1) is 5.92 Å². The maximum atomic E-state index is 5.75. The number of ether oxygens (including phenoxy) is 1. The zero-order chi connectivity index (χ0) is 12.1. The Balaban J connectivity index is 1.70. The predicted molar refractivity (Wildman–Crippen MR) is 74.5 cm³/mol. The summed E-state index contributed by atoms with van der Waals surface area (Å²) in [5.74, 6) is 1.91. The van der Waals surface area contributed by atoms with E-state index >= 15 is 0 Å². The van der Waals surface area contributed by atoms with Gasteiger partial charge in [-0.2, -0.15) is 0 Å². The molecule has 1 aromatic rings. The van der Waals surface area contributed by atoms with Gasteiger partial charge in [-0.1, -0.05) is 28.9 Å². The molecule has 3 heteroatoms. The molecule has 0 saturated heterocycles. The van der Waals surface area contributed by atoms with Crippen LogP contribution >= 0.6 is 15.9 Å². The third kappa shape index (κ3) is 4.68. The first-order chi connectivity index (χ1) is 8.28. The molecule has 94 valence electrons. The number of hydrogen-bond acceptors (Lipinski definition) is 2. The topological polar surface area (TPSA) is 12.5 Å². The van der Waals surface area contributed by atoms with Crippen LogP contribution in [-0.2, 0) is 0 Å². The van der Waals surface area contributed by atoms with E-state index in [9.17, 15) is 0 Å². The van der Waals surface area contributed by atoms with Crippen molar-refractivity contribution in [3.63, 3.8) is 0 Å². The quantitative estimate of drug-likeness (QED) is 0.763. The average Bonchev–Trinajstić information content (AvgIpc) is 3.12. The van der Waals surface area contributed by atoms with E-state index in [0.29, 0.717) is 0 Å². The van der Waals surface area contributed by atoms with E-state index in [-0.39, 0.29) is 0 Å². The second-order valence-corrected chi connectivity index (χ2v) is 5.56. The minimum Gasteiger partial charge on any atom is -0.492 e. The second-order valence-electron chi connectivity index (χ2n) is 4.64. The first kappa shape index (κ1) is 12.9. The summed E-state index contributed by atoms with van der Waals surface area (Å²) in [6.45, 7) is 6.40. The lowest BCUT2D eigenvalue weighted by molar-refractivity contribution is 0.210. The summed E-state index contributed by atoms with van der Waals surface area (Å²) in [4.78, 5) is 2.48. The Morgan fingerprint density at radius 3 is 2.88 bits per heavy atom. The zero-order valence-electron chi connectivity index (χ0n) is 10.4. The molecule has 1 saturated carbocycles. The molecular formula is C14H20BrNO. The molecule has 0 amide bonds. The smallest absolute Gasteiger partial charge is 0.120 e. The van der Waals surface area contributed by atoms with Gasteiger partial charge in [0.25, 0.3) is 0 Å². The van der Waals surface area contributed by atoms with Crippen LogP contribution in [0.15, 0.2) is 28.7 Å². The van der Waals surface area contributed by atoms with Gasteiger partial charge < -0.3 is 4.74 Å². The zero-order valence-corrected chi connectivity index (χ0v) is 11.9. The summed E-state index contributed by atoms with van der Waals surface area (Å²) in [6, 6.07) is 8.03. The van der Waals surface area contributed by atoms with E-state index in [4.69, 9.17) is 4.74 Å². The number of likely N-dealkylation sites (N-methyl/N-ethyl adjacent to an activating group) is 1. The molecule has 2 rings (SSSR count). The van der Waals surface area contributed by atoms with Crippen molar-refractivity contribution >= 4 is 15.9 Å². The molecule has 0 radical (unpaired) electrons. The number of rotatable bonds is 7. The lowest BCUT2D eigenvalue weighted by Crippen LogP contribution is -2.30. The molecule has 0 N–H and O–H groups in total. The summed E-state index contributed by atoms with van der Waals surface area (Å²) in [5, 5.41) is 0. The van der Waals surface area contributed by atoms with Crippen molar-refractivity contribution in [1.29, 1.82) is 0 Å². The van der Waals surface area contributed by atoms with E-state index in [1.165, 1.54) is 19.4 Å². The van der Waals surface area contributed by atoms with Gasteiger partial charge in [0.2, 0.25) is 0 Å². The Labute approximate surface area is 112 Å². The highest BCUT2D eigenvalue weighted by Gasteiger charge is 2.23. The van der Waals surface area contributed by atoms with Crippen LogP contribution in [0.1, 0.15) is 19.8 Å². The number of halogens is 1. The second kappa shape index (κ2) is 6.41. The van der Waals surface area contributed by atoms with Gasteiger partial charge in [-0.25, -0.2) is 0 Å². The maximum absolute atomic E-state index is 5.75. The summed E-state index contributed by atoms with van der Waals surface area (Å²) in [5.41, 5.74) is 0. The van der Waals surface area contributed by atoms with Gasteiger partial charge in [-0.15, -0.1) is 0 Å². The van der Waals surface area contributed by atoms with Gasteiger partial charge in [0.15, 0.2) is 0 Å². The Hall–Kier alpha value is -0.540. The van der Waals surface area contributed by atoms with Crippen molar-refractivity contribution in [2.24, 2.45) is 5.92 Å². The summed E-state index contributed by atoms with van der Waals surface area (Å²) in [6.07, 6.45) is 2.84. The average molecular weight is 298 g/mol. The Kier molecular flexibility index (Phi) is 4.86. The number of nitrogens with zero attached hydrogens (tertiary/aromatic N) is 1. The molecule has 1 aliphatic rings. The highest BCUT2D eigenvalue weighted by atomic mass is 79.9. The van der Waals surface area contributed by atoms with Gasteiger partial charge in [0.1, 0.15) is 12.4 Å². The van der Waals surface area contributed by atoms with Gasteiger partial charge >= 0.3 is 0 Å². The summed E-state index contributed by atoms with van der Waals surface area (Å²) in [7, 11) is 0. The minimum atomic E-state index is 0.775. The molecule has 0 aromatic heterocycles. The lowest BCUT2D eigenvalue weighted by atomic mass is 10.3. The largest absolute Gasteiger partial charge is 0.492 e. The molecule has 1 fully saturated rings. The fraction of sp³-hybridized carbons (Fsp3) is 0.571. The molecule has 0 heterocycles. The van der Waals surface area contributed by atoms with E-state index in [1.807, 2.05) is 24.3 Å². The number of benzene rings is 1. The molecule has 17 heavy (non-hydrogen) atoms. The molecule has 0 unspecified atom stereocenters. The van der Waals surface area contributed by atoms with Gasteiger partial charge in [-0.05, 0) is 43.5 Å². The van der Waals surface area contributed by atoms with Crippen molar-refractivity contribution in [3.8, 4) is 5.75 Å². The molecule has 2 nitrogen and oxygen atoms in total. The lowest BCUT2D eigenvalue weighted by Gasteiger charge is -2.20. The predicted octanol–water partition coefficient (Wildman–Crippen LogP) is 3.56. The number of hydrogen-bond donors (Lipinski definition) is 0. The highest BCUT2D eigenvalue weighted by molar-refractivity contribution is 9.10. The Morgan fingerprint density at radius 2 is 2.24 bits per heavy atom. The van der Waals surface area contributed by atoms with E-state index < -0.39 is 0 Å². The van der Waals surface area contributed by atoms with Gasteiger partial charge in [-0.3, -0.25) is 4.90 Å². The third-order valence-electron chi connectivity index (χ3n) is 3.13. The molecule has 0 bridgehead atoms. The van der Waals surface area contributed by atoms with Crippen molar-refractivity contribution in [1.82, 2.24) is 4.90 Å². The van der Waals surface area contributed by atoms with Crippen molar-refractivity contribution < 1.29 is 4.74 Å². The highest BCUT2D eigenvalue weighted by Crippen LogP contribution is 2.29. The summed E-state index contributed by atoms with van der Waals surface area (Å²) < 4.78 is 6.82. The first-order valence-corrected chi connectivity index (χ1v) is 7.18. The van der Waals surface area contributed by atoms with Gasteiger partial charge in [0.05, 0.1) is 0 Å². The van der Waals surface area contributed by atoms with Crippen LogP contribution in [0.5, 0.6) is 5.75 Å². The standard InChI is InChI=1S/C14H20BrNO/c1-2-16(11-12-6-7-12)8-9-17-14-5-3-4-13(15)10-14/h3-5,10,12H,2,6-9,11H2,1H3. The van der Waals surface area contributed by atoms with E-state index in [0.717, 1.165) is 35.8 Å². The van der Waals surface area contributed by atoms with E-state index in [2.05, 4.69) is 27.8 Å².